The lowest BCUT2D eigenvalue weighted by Gasteiger charge is -2.46. The van der Waals surface area contributed by atoms with Crippen LogP contribution in [0.4, 0.5) is 0 Å². The number of likely N-dealkylation sites (N-methyl/N-ethyl adjacent to an activating group) is 1. The number of ether oxygens (including phenoxy) is 2. The second kappa shape index (κ2) is 6.77. The molecule has 3 rings (SSSR count). The molecule has 5 heteroatoms. The molecule has 2 saturated heterocycles. The standard InChI is InChI=1S/C17H24N2O3/c1-18-8-7-16-15(11-18)19(9-10-22-16)17(20)14-6-4-3-5-13(14)12-21-2/h3-6,15-16H,7-12H2,1-2H3/t15-,16+/m0/s1. The molecule has 2 aliphatic heterocycles. The van der Waals surface area contributed by atoms with E-state index in [-0.39, 0.29) is 18.1 Å². The molecule has 0 spiro atoms. The Labute approximate surface area is 131 Å². The van der Waals surface area contributed by atoms with Crippen LogP contribution in [0.3, 0.4) is 0 Å². The van der Waals surface area contributed by atoms with Gasteiger partial charge in [-0.1, -0.05) is 18.2 Å². The molecule has 0 aromatic heterocycles. The number of methoxy groups -OCH3 is 1. The molecule has 1 amide bonds. The lowest BCUT2D eigenvalue weighted by atomic mass is 9.97. The maximum absolute atomic E-state index is 13.1. The number of morpholine rings is 1. The Morgan fingerprint density at radius 2 is 2.18 bits per heavy atom. The molecule has 0 saturated carbocycles. The van der Waals surface area contributed by atoms with Crippen molar-refractivity contribution in [3.8, 4) is 0 Å². The van der Waals surface area contributed by atoms with Gasteiger partial charge in [-0.05, 0) is 25.1 Å². The quantitative estimate of drug-likeness (QED) is 0.846. The van der Waals surface area contributed by atoms with Crippen LogP contribution in [0.5, 0.6) is 0 Å². The van der Waals surface area contributed by atoms with Gasteiger partial charge in [0.2, 0.25) is 0 Å². The van der Waals surface area contributed by atoms with Crippen LogP contribution in [0.15, 0.2) is 24.3 Å². The van der Waals surface area contributed by atoms with Crippen molar-refractivity contribution in [1.82, 2.24) is 9.80 Å². The fourth-order valence-corrected chi connectivity index (χ4v) is 3.45. The largest absolute Gasteiger partial charge is 0.380 e. The number of hydrogen-bond donors (Lipinski definition) is 0. The summed E-state index contributed by atoms with van der Waals surface area (Å²) in [5, 5.41) is 0. The predicted molar refractivity (Wildman–Crippen MR) is 83.8 cm³/mol. The number of nitrogens with zero attached hydrogens (tertiary/aromatic N) is 2. The fraction of sp³-hybridized carbons (Fsp3) is 0.588. The maximum Gasteiger partial charge on any atom is 0.254 e. The lowest BCUT2D eigenvalue weighted by molar-refractivity contribution is -0.0870. The first-order chi connectivity index (χ1) is 10.7. The number of hydrogen-bond acceptors (Lipinski definition) is 4. The first-order valence-corrected chi connectivity index (χ1v) is 7.88. The lowest BCUT2D eigenvalue weighted by Crippen LogP contribution is -2.60. The van der Waals surface area contributed by atoms with Crippen molar-refractivity contribution < 1.29 is 14.3 Å². The van der Waals surface area contributed by atoms with Gasteiger partial charge >= 0.3 is 0 Å². The van der Waals surface area contributed by atoms with Crippen molar-refractivity contribution in [2.24, 2.45) is 0 Å². The van der Waals surface area contributed by atoms with E-state index in [9.17, 15) is 4.79 Å². The van der Waals surface area contributed by atoms with E-state index < -0.39 is 0 Å². The molecule has 1 aromatic carbocycles. The summed E-state index contributed by atoms with van der Waals surface area (Å²) < 4.78 is 11.1. The zero-order chi connectivity index (χ0) is 15.5. The average molecular weight is 304 g/mol. The summed E-state index contributed by atoms with van der Waals surface area (Å²) in [7, 11) is 3.76. The highest BCUT2D eigenvalue weighted by Crippen LogP contribution is 2.25. The van der Waals surface area contributed by atoms with Gasteiger partial charge in [-0.15, -0.1) is 0 Å². The molecule has 2 atom stereocenters. The van der Waals surface area contributed by atoms with Crippen molar-refractivity contribution in [2.45, 2.75) is 25.2 Å². The highest BCUT2D eigenvalue weighted by molar-refractivity contribution is 5.96. The molecular formula is C17H24N2O3. The second-order valence-electron chi connectivity index (χ2n) is 6.12. The van der Waals surface area contributed by atoms with E-state index in [1.807, 2.05) is 29.2 Å². The van der Waals surface area contributed by atoms with E-state index in [1.165, 1.54) is 0 Å². The molecule has 5 nitrogen and oxygen atoms in total. The van der Waals surface area contributed by atoms with Crippen LogP contribution in [-0.4, -0.2) is 68.3 Å². The predicted octanol–water partition coefficient (Wildman–Crippen LogP) is 1.38. The Balaban J connectivity index is 1.84. The Morgan fingerprint density at radius 3 is 3.00 bits per heavy atom. The number of piperidine rings is 1. The van der Waals surface area contributed by atoms with Crippen LogP contribution >= 0.6 is 0 Å². The topological polar surface area (TPSA) is 42.0 Å². The summed E-state index contributed by atoms with van der Waals surface area (Å²) >= 11 is 0. The Kier molecular flexibility index (Phi) is 4.76. The third-order valence-electron chi connectivity index (χ3n) is 4.60. The van der Waals surface area contributed by atoms with E-state index in [0.717, 1.165) is 30.6 Å². The fourth-order valence-electron chi connectivity index (χ4n) is 3.45. The van der Waals surface area contributed by atoms with Crippen molar-refractivity contribution in [3.63, 3.8) is 0 Å². The monoisotopic (exact) mass is 304 g/mol. The van der Waals surface area contributed by atoms with Crippen LogP contribution in [0.2, 0.25) is 0 Å². The van der Waals surface area contributed by atoms with E-state index in [1.54, 1.807) is 7.11 Å². The SMILES string of the molecule is COCc1ccccc1C(=O)N1CCO[C@@H]2CCN(C)C[C@@H]21. The smallest absolute Gasteiger partial charge is 0.254 e. The molecule has 0 aliphatic carbocycles. The van der Waals surface area contributed by atoms with E-state index in [2.05, 4.69) is 11.9 Å². The third-order valence-corrected chi connectivity index (χ3v) is 4.60. The summed E-state index contributed by atoms with van der Waals surface area (Å²) in [5.41, 5.74) is 1.69. The van der Waals surface area contributed by atoms with Gasteiger partial charge in [0.05, 0.1) is 25.4 Å². The van der Waals surface area contributed by atoms with Gasteiger partial charge in [-0.2, -0.15) is 0 Å². The molecule has 0 bridgehead atoms. The maximum atomic E-state index is 13.1. The van der Waals surface area contributed by atoms with Crippen LogP contribution in [-0.2, 0) is 16.1 Å². The van der Waals surface area contributed by atoms with E-state index >= 15 is 0 Å². The van der Waals surface area contributed by atoms with Gasteiger partial charge in [-0.25, -0.2) is 0 Å². The van der Waals surface area contributed by atoms with Gasteiger partial charge in [0, 0.05) is 32.3 Å². The van der Waals surface area contributed by atoms with Gasteiger partial charge in [0.25, 0.3) is 5.91 Å². The van der Waals surface area contributed by atoms with Gasteiger partial charge in [0.1, 0.15) is 0 Å². The first kappa shape index (κ1) is 15.5. The summed E-state index contributed by atoms with van der Waals surface area (Å²) in [5.74, 6) is 0.0984. The molecule has 22 heavy (non-hydrogen) atoms. The number of amides is 1. The molecule has 2 fully saturated rings. The number of rotatable bonds is 3. The number of carbonyl (C=O) groups excluding carboxylic acids is 1. The summed E-state index contributed by atoms with van der Waals surface area (Å²) in [6.07, 6.45) is 1.16. The molecule has 1 aromatic rings. The molecule has 0 radical (unpaired) electrons. The van der Waals surface area contributed by atoms with Crippen LogP contribution in [0.1, 0.15) is 22.3 Å². The first-order valence-electron chi connectivity index (χ1n) is 7.88. The number of benzene rings is 1. The van der Waals surface area contributed by atoms with Crippen molar-refractivity contribution in [1.29, 1.82) is 0 Å². The van der Waals surface area contributed by atoms with Crippen LogP contribution < -0.4 is 0 Å². The van der Waals surface area contributed by atoms with Crippen molar-refractivity contribution in [3.05, 3.63) is 35.4 Å². The minimum absolute atomic E-state index is 0.0984. The Morgan fingerprint density at radius 1 is 1.36 bits per heavy atom. The highest BCUT2D eigenvalue weighted by Gasteiger charge is 2.38. The molecular weight excluding hydrogens is 280 g/mol. The average Bonchev–Trinajstić information content (AvgIpc) is 2.54. The minimum Gasteiger partial charge on any atom is -0.380 e. The molecule has 120 valence electrons. The molecule has 0 unspecified atom stereocenters. The summed E-state index contributed by atoms with van der Waals surface area (Å²) in [6.45, 7) is 3.66. The normalized spacial score (nSPS) is 25.8. The van der Waals surface area contributed by atoms with Crippen LogP contribution in [0.25, 0.3) is 0 Å². The molecule has 2 heterocycles. The van der Waals surface area contributed by atoms with Crippen LogP contribution in [0, 0.1) is 0 Å². The summed E-state index contributed by atoms with van der Waals surface area (Å²) in [6, 6.07) is 7.87. The van der Waals surface area contributed by atoms with Gasteiger partial charge < -0.3 is 19.3 Å². The van der Waals surface area contributed by atoms with Crippen molar-refractivity contribution in [2.75, 3.05) is 40.4 Å². The molecule has 0 N–H and O–H groups in total. The minimum atomic E-state index is 0.0984. The van der Waals surface area contributed by atoms with Gasteiger partial charge in [0.15, 0.2) is 0 Å². The number of fused-ring (bicyclic) bond motifs is 1. The van der Waals surface area contributed by atoms with E-state index in [4.69, 9.17) is 9.47 Å². The van der Waals surface area contributed by atoms with E-state index in [0.29, 0.717) is 19.8 Å². The zero-order valence-electron chi connectivity index (χ0n) is 13.3. The molecule has 2 aliphatic rings. The Hall–Kier alpha value is -1.43. The third kappa shape index (κ3) is 3.02. The summed E-state index contributed by atoms with van der Waals surface area (Å²) in [4.78, 5) is 17.3. The number of likely N-dealkylation sites (tertiary alicyclic amines) is 1. The second-order valence-corrected chi connectivity index (χ2v) is 6.12. The zero-order valence-corrected chi connectivity index (χ0v) is 13.3. The highest BCUT2D eigenvalue weighted by atomic mass is 16.5. The van der Waals surface area contributed by atoms with Gasteiger partial charge in [-0.3, -0.25) is 4.79 Å². The Bertz CT molecular complexity index is 534. The number of carbonyl (C=O) groups is 1. The van der Waals surface area contributed by atoms with Crippen molar-refractivity contribution >= 4 is 5.91 Å².